The van der Waals surface area contributed by atoms with E-state index in [9.17, 15) is 0 Å². The van der Waals surface area contributed by atoms with Crippen molar-refractivity contribution in [2.75, 3.05) is 13.6 Å². The van der Waals surface area contributed by atoms with Gasteiger partial charge in [-0.15, -0.1) is 45.5 Å². The number of hydrogen-bond acceptors (Lipinski definition) is 5. The van der Waals surface area contributed by atoms with Crippen LogP contribution in [0, 0.1) is 13.8 Å². The molecule has 0 unspecified atom stereocenters. The largest absolute Gasteiger partial charge is 0.356 e. The van der Waals surface area contributed by atoms with Gasteiger partial charge in [-0.2, -0.15) is 0 Å². The third-order valence-electron chi connectivity index (χ3n) is 3.79. The van der Waals surface area contributed by atoms with Crippen molar-refractivity contribution in [2.45, 2.75) is 46.7 Å². The summed E-state index contributed by atoms with van der Waals surface area (Å²) in [6, 6.07) is 0. The van der Waals surface area contributed by atoms with E-state index in [1.54, 1.807) is 11.3 Å². The first-order valence-corrected chi connectivity index (χ1v) is 9.14. The van der Waals surface area contributed by atoms with Crippen LogP contribution < -0.4 is 5.32 Å². The number of rotatable bonds is 7. The summed E-state index contributed by atoms with van der Waals surface area (Å²) < 4.78 is 1.97. The van der Waals surface area contributed by atoms with Crippen molar-refractivity contribution >= 4 is 41.3 Å². The number of nitrogens with one attached hydrogen (secondary N) is 1. The molecular formula is C16H28IN7S. The van der Waals surface area contributed by atoms with Gasteiger partial charge in [0, 0.05) is 26.0 Å². The van der Waals surface area contributed by atoms with Crippen molar-refractivity contribution < 1.29 is 0 Å². The molecule has 7 nitrogen and oxygen atoms in total. The maximum Gasteiger partial charge on any atom is 0.194 e. The summed E-state index contributed by atoms with van der Waals surface area (Å²) in [6.45, 7) is 8.30. The Hall–Kier alpha value is -1.23. The molecule has 0 saturated carbocycles. The van der Waals surface area contributed by atoms with Crippen molar-refractivity contribution in [1.29, 1.82) is 0 Å². The third kappa shape index (κ3) is 6.53. The fourth-order valence-corrected chi connectivity index (χ4v) is 2.83. The molecule has 0 aliphatic heterocycles. The molecule has 0 saturated heterocycles. The van der Waals surface area contributed by atoms with E-state index in [-0.39, 0.29) is 24.0 Å². The Labute approximate surface area is 171 Å². The molecule has 0 bridgehead atoms. The first-order valence-electron chi connectivity index (χ1n) is 8.26. The zero-order chi connectivity index (χ0) is 17.5. The lowest BCUT2D eigenvalue weighted by Crippen LogP contribution is -2.39. The van der Waals surface area contributed by atoms with Crippen LogP contribution in [0.25, 0.3) is 0 Å². The Bertz CT molecular complexity index is 680. The van der Waals surface area contributed by atoms with E-state index in [0.29, 0.717) is 6.54 Å². The summed E-state index contributed by atoms with van der Waals surface area (Å²) in [5.74, 6) is 2.63. The predicted octanol–water partition coefficient (Wildman–Crippen LogP) is 2.88. The van der Waals surface area contributed by atoms with Crippen molar-refractivity contribution in [2.24, 2.45) is 12.0 Å². The van der Waals surface area contributed by atoms with E-state index in [1.807, 2.05) is 32.5 Å². The van der Waals surface area contributed by atoms with Crippen molar-refractivity contribution in [3.63, 3.8) is 0 Å². The molecule has 0 radical (unpaired) electrons. The van der Waals surface area contributed by atoms with E-state index in [2.05, 4.69) is 37.7 Å². The summed E-state index contributed by atoms with van der Waals surface area (Å²) in [7, 11) is 4.00. The van der Waals surface area contributed by atoms with Crippen molar-refractivity contribution in [3.05, 3.63) is 27.7 Å². The molecule has 0 amide bonds. The first-order chi connectivity index (χ1) is 11.5. The van der Waals surface area contributed by atoms with Gasteiger partial charge in [0.05, 0.1) is 17.2 Å². The highest BCUT2D eigenvalue weighted by atomic mass is 127. The average molecular weight is 477 g/mol. The van der Waals surface area contributed by atoms with Gasteiger partial charge in [-0.05, 0) is 20.3 Å². The van der Waals surface area contributed by atoms with Crippen LogP contribution in [-0.4, -0.2) is 44.2 Å². The molecule has 25 heavy (non-hydrogen) atoms. The SMILES string of the molecule is CCCCNC(=NCc1nnc(C)n1C)N(C)Cc1csc(C)n1.I. The number of unbranched alkanes of at least 4 members (excludes halogenated alkanes) is 1. The van der Waals surface area contributed by atoms with Gasteiger partial charge in [0.2, 0.25) is 0 Å². The van der Waals surface area contributed by atoms with Gasteiger partial charge >= 0.3 is 0 Å². The Morgan fingerprint density at radius 1 is 1.36 bits per heavy atom. The number of guanidine groups is 1. The molecule has 2 rings (SSSR count). The number of aromatic nitrogens is 4. The highest BCUT2D eigenvalue weighted by Crippen LogP contribution is 2.10. The minimum Gasteiger partial charge on any atom is -0.356 e. The number of aliphatic imine (C=N–C) groups is 1. The second-order valence-corrected chi connectivity index (χ2v) is 6.92. The Balaban J connectivity index is 0.00000312. The summed E-state index contributed by atoms with van der Waals surface area (Å²) in [6.07, 6.45) is 2.27. The zero-order valence-electron chi connectivity index (χ0n) is 15.6. The van der Waals surface area contributed by atoms with Gasteiger partial charge in [0.1, 0.15) is 12.4 Å². The molecule has 9 heteroatoms. The van der Waals surface area contributed by atoms with E-state index < -0.39 is 0 Å². The second-order valence-electron chi connectivity index (χ2n) is 5.86. The van der Waals surface area contributed by atoms with Crippen LogP contribution in [0.3, 0.4) is 0 Å². The molecule has 0 aliphatic carbocycles. The topological polar surface area (TPSA) is 71.2 Å². The fourth-order valence-electron chi connectivity index (χ4n) is 2.22. The van der Waals surface area contributed by atoms with E-state index in [1.165, 1.54) is 0 Å². The van der Waals surface area contributed by atoms with E-state index in [0.717, 1.165) is 54.2 Å². The van der Waals surface area contributed by atoms with E-state index in [4.69, 9.17) is 4.99 Å². The Morgan fingerprint density at radius 2 is 2.12 bits per heavy atom. The van der Waals surface area contributed by atoms with Crippen LogP contribution in [0.4, 0.5) is 0 Å². The van der Waals surface area contributed by atoms with Crippen LogP contribution in [0.15, 0.2) is 10.4 Å². The molecular weight excluding hydrogens is 449 g/mol. The Morgan fingerprint density at radius 3 is 2.68 bits per heavy atom. The summed E-state index contributed by atoms with van der Waals surface area (Å²) >= 11 is 1.67. The lowest BCUT2D eigenvalue weighted by molar-refractivity contribution is 0.467. The molecule has 140 valence electrons. The fraction of sp³-hybridized carbons (Fsp3) is 0.625. The standard InChI is InChI=1S/C16H27N7S.HI/c1-6-7-8-17-16(18-9-15-21-20-12(2)23(15)5)22(4)10-14-11-24-13(3)19-14;/h11H,6-10H2,1-5H3,(H,17,18);1H. The van der Waals surface area contributed by atoms with Gasteiger partial charge in [-0.1, -0.05) is 13.3 Å². The molecule has 1 N–H and O–H groups in total. The van der Waals surface area contributed by atoms with Gasteiger partial charge in [0.25, 0.3) is 0 Å². The maximum atomic E-state index is 4.73. The Kier molecular flexibility index (Phi) is 9.33. The monoisotopic (exact) mass is 477 g/mol. The minimum absolute atomic E-state index is 0. The summed E-state index contributed by atoms with van der Waals surface area (Å²) in [4.78, 5) is 11.4. The molecule has 0 aromatic carbocycles. The van der Waals surface area contributed by atoms with Gasteiger partial charge in [0.15, 0.2) is 11.8 Å². The number of thiazole rings is 1. The summed E-state index contributed by atoms with van der Waals surface area (Å²) in [5.41, 5.74) is 1.07. The number of aryl methyl sites for hydroxylation is 2. The average Bonchev–Trinajstić information content (AvgIpc) is 3.10. The first kappa shape index (κ1) is 21.8. The lowest BCUT2D eigenvalue weighted by Gasteiger charge is -2.21. The smallest absolute Gasteiger partial charge is 0.194 e. The minimum atomic E-state index is 0. The molecule has 0 fully saturated rings. The van der Waals surface area contributed by atoms with Crippen LogP contribution in [-0.2, 0) is 20.1 Å². The van der Waals surface area contributed by atoms with Crippen LogP contribution >= 0.6 is 35.3 Å². The highest BCUT2D eigenvalue weighted by molar-refractivity contribution is 14.0. The summed E-state index contributed by atoms with van der Waals surface area (Å²) in [5, 5.41) is 14.9. The molecule has 0 aliphatic rings. The second kappa shape index (κ2) is 10.7. The molecule has 2 aromatic heterocycles. The van der Waals surface area contributed by atoms with Gasteiger partial charge < -0.3 is 14.8 Å². The number of nitrogens with zero attached hydrogens (tertiary/aromatic N) is 6. The van der Waals surface area contributed by atoms with Crippen molar-refractivity contribution in [1.82, 2.24) is 30.0 Å². The normalized spacial score (nSPS) is 11.3. The number of hydrogen-bond donors (Lipinski definition) is 1. The van der Waals surface area contributed by atoms with Gasteiger partial charge in [-0.25, -0.2) is 9.98 Å². The van der Waals surface area contributed by atoms with Crippen LogP contribution in [0.5, 0.6) is 0 Å². The van der Waals surface area contributed by atoms with Crippen LogP contribution in [0.2, 0.25) is 0 Å². The van der Waals surface area contributed by atoms with E-state index >= 15 is 0 Å². The zero-order valence-corrected chi connectivity index (χ0v) is 18.8. The molecule has 0 atom stereocenters. The van der Waals surface area contributed by atoms with Crippen molar-refractivity contribution in [3.8, 4) is 0 Å². The molecule has 2 heterocycles. The maximum absolute atomic E-state index is 4.73. The van der Waals surface area contributed by atoms with Crippen LogP contribution in [0.1, 0.15) is 42.1 Å². The predicted molar refractivity (Wildman–Crippen MR) is 114 cm³/mol. The highest BCUT2D eigenvalue weighted by Gasteiger charge is 2.10. The third-order valence-corrected chi connectivity index (χ3v) is 4.62. The molecule has 0 spiro atoms. The molecule has 2 aromatic rings. The van der Waals surface area contributed by atoms with Gasteiger partial charge in [-0.3, -0.25) is 0 Å². The quantitative estimate of drug-likeness (QED) is 0.288. The lowest BCUT2D eigenvalue weighted by atomic mass is 10.3. The number of halogens is 1.